The summed E-state index contributed by atoms with van der Waals surface area (Å²) in [6, 6.07) is 5.15. The Bertz CT molecular complexity index is 977. The molecule has 1 N–H and O–H groups in total. The molecule has 1 aromatic heterocycles. The first-order valence-electron chi connectivity index (χ1n) is 11.4. The summed E-state index contributed by atoms with van der Waals surface area (Å²) >= 11 is 3.31. The Balaban J connectivity index is 1.49. The summed E-state index contributed by atoms with van der Waals surface area (Å²) in [5.41, 5.74) is 2.87. The second-order valence-corrected chi connectivity index (χ2v) is 10.0. The fourth-order valence-electron chi connectivity index (χ4n) is 4.70. The van der Waals surface area contributed by atoms with Gasteiger partial charge in [-0.05, 0) is 30.9 Å². The van der Waals surface area contributed by atoms with Gasteiger partial charge in [-0.15, -0.1) is 0 Å². The lowest BCUT2D eigenvalue weighted by molar-refractivity contribution is -0.133. The Kier molecular flexibility index (Phi) is 7.10. The van der Waals surface area contributed by atoms with Gasteiger partial charge in [0.2, 0.25) is 5.91 Å². The first kappa shape index (κ1) is 23.1. The third-order valence-electron chi connectivity index (χ3n) is 6.51. The molecule has 1 aliphatic carbocycles. The monoisotopic (exact) mass is 503 g/mol. The molecule has 0 saturated carbocycles. The molecule has 2 atom stereocenters. The number of amides is 1. The van der Waals surface area contributed by atoms with Crippen LogP contribution in [0.3, 0.4) is 0 Å². The number of hydrogen-bond donors (Lipinski definition) is 1. The molecule has 6 nitrogen and oxygen atoms in total. The van der Waals surface area contributed by atoms with Gasteiger partial charge in [0.25, 0.3) is 0 Å². The standard InChI is InChI=1S/C24H31BrFN5O/c1-15(2)27-13-19(18-6-5-17(25)12-20(18)26)24(32)31-10-8-30(9-11-31)23-22-16(3)4-7-21(22)28-14-29-23/h5-6,12,14-16,19,27H,4,7-11,13H2,1-3H3/t16-,19-/m1/s1. The number of carbonyl (C=O) groups excluding carboxylic acids is 1. The number of aromatic nitrogens is 2. The van der Waals surface area contributed by atoms with Gasteiger partial charge in [-0.2, -0.15) is 0 Å². The van der Waals surface area contributed by atoms with Crippen LogP contribution in [0.4, 0.5) is 10.2 Å². The van der Waals surface area contributed by atoms with Crippen LogP contribution in [0.15, 0.2) is 29.0 Å². The van der Waals surface area contributed by atoms with E-state index in [-0.39, 0.29) is 17.8 Å². The van der Waals surface area contributed by atoms with E-state index in [1.807, 2.05) is 18.7 Å². The van der Waals surface area contributed by atoms with Crippen LogP contribution in [0.25, 0.3) is 0 Å². The van der Waals surface area contributed by atoms with E-state index in [0.717, 1.165) is 37.4 Å². The van der Waals surface area contributed by atoms with E-state index in [1.165, 1.54) is 11.6 Å². The van der Waals surface area contributed by atoms with Gasteiger partial charge in [-0.3, -0.25) is 4.79 Å². The van der Waals surface area contributed by atoms with E-state index in [9.17, 15) is 9.18 Å². The quantitative estimate of drug-likeness (QED) is 0.648. The Morgan fingerprint density at radius 2 is 2.00 bits per heavy atom. The van der Waals surface area contributed by atoms with Crippen LogP contribution >= 0.6 is 15.9 Å². The zero-order valence-corrected chi connectivity index (χ0v) is 20.5. The second-order valence-electron chi connectivity index (χ2n) is 9.09. The Morgan fingerprint density at radius 3 is 2.69 bits per heavy atom. The van der Waals surface area contributed by atoms with Crippen molar-refractivity contribution in [2.24, 2.45) is 0 Å². The van der Waals surface area contributed by atoms with E-state index >= 15 is 0 Å². The van der Waals surface area contributed by atoms with Crippen molar-refractivity contribution in [2.75, 3.05) is 37.6 Å². The lowest BCUT2D eigenvalue weighted by atomic mass is 9.96. The van der Waals surface area contributed by atoms with Crippen molar-refractivity contribution in [1.82, 2.24) is 20.2 Å². The van der Waals surface area contributed by atoms with Gasteiger partial charge in [-0.25, -0.2) is 14.4 Å². The molecule has 172 valence electrons. The summed E-state index contributed by atoms with van der Waals surface area (Å²) < 4.78 is 15.4. The number of nitrogens with zero attached hydrogens (tertiary/aromatic N) is 4. The second kappa shape index (κ2) is 9.83. The highest BCUT2D eigenvalue weighted by Crippen LogP contribution is 2.37. The Hall–Kier alpha value is -2.06. The van der Waals surface area contributed by atoms with Crippen molar-refractivity contribution in [2.45, 2.75) is 51.5 Å². The zero-order valence-electron chi connectivity index (χ0n) is 18.9. The van der Waals surface area contributed by atoms with E-state index in [1.54, 1.807) is 18.5 Å². The predicted molar refractivity (Wildman–Crippen MR) is 128 cm³/mol. The number of anilines is 1. The lowest BCUT2D eigenvalue weighted by Gasteiger charge is -2.38. The van der Waals surface area contributed by atoms with Crippen LogP contribution in [0.2, 0.25) is 0 Å². The highest BCUT2D eigenvalue weighted by Gasteiger charge is 2.33. The summed E-state index contributed by atoms with van der Waals surface area (Å²) in [7, 11) is 0. The zero-order chi connectivity index (χ0) is 22.8. The van der Waals surface area contributed by atoms with Crippen LogP contribution in [0, 0.1) is 5.82 Å². The molecule has 2 aromatic rings. The Labute approximate surface area is 197 Å². The maximum Gasteiger partial charge on any atom is 0.231 e. The maximum absolute atomic E-state index is 14.7. The van der Waals surface area contributed by atoms with E-state index < -0.39 is 5.92 Å². The molecule has 1 fully saturated rings. The number of aryl methyl sites for hydroxylation is 1. The molecule has 0 spiro atoms. The van der Waals surface area contributed by atoms with E-state index in [2.05, 4.69) is 43.0 Å². The van der Waals surface area contributed by atoms with E-state index in [0.29, 0.717) is 35.6 Å². The molecular weight excluding hydrogens is 473 g/mol. The molecule has 4 rings (SSSR count). The molecule has 2 heterocycles. The molecule has 0 unspecified atom stereocenters. The molecule has 0 bridgehead atoms. The van der Waals surface area contributed by atoms with Gasteiger partial charge in [-0.1, -0.05) is 42.8 Å². The minimum atomic E-state index is -0.555. The molecule has 0 radical (unpaired) electrons. The summed E-state index contributed by atoms with van der Waals surface area (Å²) in [6.07, 6.45) is 3.78. The number of fused-ring (bicyclic) bond motifs is 1. The number of halogens is 2. The van der Waals surface area contributed by atoms with Crippen molar-refractivity contribution in [1.29, 1.82) is 0 Å². The predicted octanol–water partition coefficient (Wildman–Crippen LogP) is 3.86. The van der Waals surface area contributed by atoms with Gasteiger partial charge in [0.05, 0.1) is 5.92 Å². The van der Waals surface area contributed by atoms with Crippen molar-refractivity contribution in [3.8, 4) is 0 Å². The fourth-order valence-corrected chi connectivity index (χ4v) is 5.04. The summed E-state index contributed by atoms with van der Waals surface area (Å²) in [4.78, 5) is 26.7. The summed E-state index contributed by atoms with van der Waals surface area (Å²) in [5, 5.41) is 3.32. The SMILES string of the molecule is CC(C)NC[C@@H](C(=O)N1CCN(c2ncnc3c2[C@H](C)CC3)CC1)c1ccc(Br)cc1F. The average Bonchev–Trinajstić information content (AvgIpc) is 3.16. The van der Waals surface area contributed by atoms with Gasteiger partial charge in [0.1, 0.15) is 18.0 Å². The molecule has 1 aromatic carbocycles. The number of benzene rings is 1. The minimum Gasteiger partial charge on any atom is -0.353 e. The minimum absolute atomic E-state index is 0.0275. The molecule has 2 aliphatic rings. The molecule has 8 heteroatoms. The number of nitrogens with one attached hydrogen (secondary N) is 1. The molecule has 1 aliphatic heterocycles. The number of piperazine rings is 1. The van der Waals surface area contributed by atoms with Crippen molar-refractivity contribution in [3.05, 3.63) is 51.6 Å². The van der Waals surface area contributed by atoms with Gasteiger partial charge in [0.15, 0.2) is 0 Å². The summed E-state index contributed by atoms with van der Waals surface area (Å²) in [5.74, 6) is 0.546. The van der Waals surface area contributed by atoms with Crippen LogP contribution in [-0.2, 0) is 11.2 Å². The van der Waals surface area contributed by atoms with Crippen LogP contribution in [0.1, 0.15) is 55.8 Å². The van der Waals surface area contributed by atoms with Crippen LogP contribution in [-0.4, -0.2) is 59.5 Å². The average molecular weight is 504 g/mol. The largest absolute Gasteiger partial charge is 0.353 e. The molecule has 1 saturated heterocycles. The highest BCUT2D eigenvalue weighted by molar-refractivity contribution is 9.10. The van der Waals surface area contributed by atoms with Crippen molar-refractivity contribution >= 4 is 27.7 Å². The first-order valence-corrected chi connectivity index (χ1v) is 12.2. The molecule has 1 amide bonds. The van der Waals surface area contributed by atoms with Crippen molar-refractivity contribution < 1.29 is 9.18 Å². The molecular formula is C24H31BrFN5O. The number of rotatable bonds is 6. The third-order valence-corrected chi connectivity index (χ3v) is 7.00. The maximum atomic E-state index is 14.7. The third kappa shape index (κ3) is 4.81. The van der Waals surface area contributed by atoms with Crippen LogP contribution < -0.4 is 10.2 Å². The van der Waals surface area contributed by atoms with Gasteiger partial charge < -0.3 is 15.1 Å². The highest BCUT2D eigenvalue weighted by atomic mass is 79.9. The van der Waals surface area contributed by atoms with Gasteiger partial charge in [0, 0.05) is 60.1 Å². The fraction of sp³-hybridized carbons (Fsp3) is 0.542. The normalized spacial score (nSPS) is 19.4. The Morgan fingerprint density at radius 1 is 1.25 bits per heavy atom. The van der Waals surface area contributed by atoms with Crippen molar-refractivity contribution in [3.63, 3.8) is 0 Å². The first-order chi connectivity index (χ1) is 15.3. The number of carbonyl (C=O) groups is 1. The lowest BCUT2D eigenvalue weighted by Crippen LogP contribution is -2.51. The number of hydrogen-bond acceptors (Lipinski definition) is 5. The van der Waals surface area contributed by atoms with Gasteiger partial charge >= 0.3 is 0 Å². The smallest absolute Gasteiger partial charge is 0.231 e. The topological polar surface area (TPSA) is 61.4 Å². The van der Waals surface area contributed by atoms with Crippen LogP contribution in [0.5, 0.6) is 0 Å². The van der Waals surface area contributed by atoms with E-state index in [4.69, 9.17) is 0 Å². The summed E-state index contributed by atoms with van der Waals surface area (Å²) in [6.45, 7) is 9.33. The molecule has 32 heavy (non-hydrogen) atoms.